The summed E-state index contributed by atoms with van der Waals surface area (Å²) in [5, 5.41) is 12.4. The molecule has 3 N–H and O–H groups in total. The quantitative estimate of drug-likeness (QED) is 0.692. The first kappa shape index (κ1) is 18.7. The van der Waals surface area contributed by atoms with Crippen molar-refractivity contribution in [1.29, 1.82) is 0 Å². The summed E-state index contributed by atoms with van der Waals surface area (Å²) in [6.45, 7) is 5.36. The molecule has 0 saturated carbocycles. The number of H-pyrrole nitrogens is 1. The third-order valence-electron chi connectivity index (χ3n) is 4.20. The Bertz CT molecular complexity index is 643. The molecule has 0 radical (unpaired) electrons. The highest BCUT2D eigenvalue weighted by molar-refractivity contribution is 7.89. The molecule has 1 aromatic heterocycles. The Morgan fingerprint density at radius 2 is 2.25 bits per heavy atom. The first-order valence-electron chi connectivity index (χ1n) is 8.53. The molecule has 2 heterocycles. The topological polar surface area (TPSA) is 107 Å². The Labute approximate surface area is 143 Å². The van der Waals surface area contributed by atoms with Gasteiger partial charge >= 0.3 is 6.03 Å². The molecule has 1 saturated heterocycles. The summed E-state index contributed by atoms with van der Waals surface area (Å²) in [4.78, 5) is 11.7. The van der Waals surface area contributed by atoms with Crippen LogP contribution in [0.3, 0.4) is 0 Å². The molecular weight excluding hydrogens is 330 g/mol. The lowest BCUT2D eigenvalue weighted by Crippen LogP contribution is -2.40. The molecule has 0 aliphatic carbocycles. The zero-order chi connectivity index (χ0) is 17.6. The van der Waals surface area contributed by atoms with Gasteiger partial charge in [-0.15, -0.1) is 0 Å². The molecule has 1 atom stereocenters. The van der Waals surface area contributed by atoms with E-state index < -0.39 is 10.0 Å². The average molecular weight is 357 g/mol. The number of amides is 2. The van der Waals surface area contributed by atoms with E-state index in [2.05, 4.69) is 20.8 Å². The first-order valence-corrected chi connectivity index (χ1v) is 10.1. The normalized spacial score (nSPS) is 19.2. The van der Waals surface area contributed by atoms with Gasteiger partial charge in [-0.05, 0) is 26.2 Å². The molecule has 2 amide bonds. The van der Waals surface area contributed by atoms with E-state index in [4.69, 9.17) is 0 Å². The summed E-state index contributed by atoms with van der Waals surface area (Å²) in [5.74, 6) is 0.206. The van der Waals surface area contributed by atoms with Gasteiger partial charge in [0, 0.05) is 25.6 Å². The fourth-order valence-electron chi connectivity index (χ4n) is 2.92. The number of carbonyl (C=O) groups excluding carboxylic acids is 1. The van der Waals surface area contributed by atoms with E-state index in [0.29, 0.717) is 31.7 Å². The van der Waals surface area contributed by atoms with Crippen LogP contribution in [-0.2, 0) is 10.0 Å². The predicted octanol–water partition coefficient (Wildman–Crippen LogP) is 1.86. The number of urea groups is 1. The van der Waals surface area contributed by atoms with Crippen LogP contribution in [0.4, 0.5) is 10.5 Å². The Hall–Kier alpha value is -1.61. The number of rotatable bonds is 7. The Morgan fingerprint density at radius 1 is 1.46 bits per heavy atom. The highest BCUT2D eigenvalue weighted by atomic mass is 32.2. The monoisotopic (exact) mass is 357 g/mol. The minimum Gasteiger partial charge on any atom is -0.338 e. The van der Waals surface area contributed by atoms with Crippen LogP contribution in [0.15, 0.2) is 6.20 Å². The van der Waals surface area contributed by atoms with Crippen molar-refractivity contribution in [3.8, 4) is 0 Å². The van der Waals surface area contributed by atoms with E-state index in [0.717, 1.165) is 25.0 Å². The van der Waals surface area contributed by atoms with Crippen molar-refractivity contribution >= 4 is 21.7 Å². The third-order valence-corrected chi connectivity index (χ3v) is 6.12. The minimum atomic E-state index is -3.21. The van der Waals surface area contributed by atoms with Crippen LogP contribution in [0.5, 0.6) is 0 Å². The fourth-order valence-corrected chi connectivity index (χ4v) is 4.65. The van der Waals surface area contributed by atoms with Gasteiger partial charge in [-0.3, -0.25) is 5.10 Å². The molecule has 2 rings (SSSR count). The first-order chi connectivity index (χ1) is 11.5. The zero-order valence-corrected chi connectivity index (χ0v) is 15.2. The number of sulfonamides is 1. The molecule has 0 bridgehead atoms. The molecule has 9 heteroatoms. The van der Waals surface area contributed by atoms with Crippen LogP contribution in [0, 0.1) is 0 Å². The highest BCUT2D eigenvalue weighted by Gasteiger charge is 2.31. The Kier molecular flexibility index (Phi) is 6.61. The number of piperidine rings is 1. The molecule has 24 heavy (non-hydrogen) atoms. The van der Waals surface area contributed by atoms with E-state index in [9.17, 15) is 13.2 Å². The predicted molar refractivity (Wildman–Crippen MR) is 93.5 cm³/mol. The van der Waals surface area contributed by atoms with E-state index in [-0.39, 0.29) is 17.7 Å². The van der Waals surface area contributed by atoms with Crippen molar-refractivity contribution in [3.63, 3.8) is 0 Å². The lowest BCUT2D eigenvalue weighted by Gasteiger charge is -2.31. The largest absolute Gasteiger partial charge is 0.338 e. The summed E-state index contributed by atoms with van der Waals surface area (Å²) in [6.07, 6.45) is 4.77. The van der Waals surface area contributed by atoms with E-state index >= 15 is 0 Å². The second kappa shape index (κ2) is 8.48. The van der Waals surface area contributed by atoms with Crippen molar-refractivity contribution < 1.29 is 13.2 Å². The van der Waals surface area contributed by atoms with Crippen LogP contribution in [0.2, 0.25) is 0 Å². The zero-order valence-electron chi connectivity index (χ0n) is 14.3. The van der Waals surface area contributed by atoms with Crippen LogP contribution in [0.1, 0.15) is 51.1 Å². The summed E-state index contributed by atoms with van der Waals surface area (Å²) in [6, 6.07) is -0.289. The minimum absolute atomic E-state index is 0.00887. The Morgan fingerprint density at radius 3 is 2.96 bits per heavy atom. The van der Waals surface area contributed by atoms with E-state index in [1.165, 1.54) is 0 Å². The van der Waals surface area contributed by atoms with Crippen LogP contribution in [-0.4, -0.2) is 54.3 Å². The second-order valence-corrected chi connectivity index (χ2v) is 8.14. The molecular formula is C15H27N5O3S. The van der Waals surface area contributed by atoms with Crippen molar-refractivity contribution in [2.75, 3.05) is 30.7 Å². The van der Waals surface area contributed by atoms with Crippen molar-refractivity contribution in [2.45, 2.75) is 45.4 Å². The van der Waals surface area contributed by atoms with Gasteiger partial charge in [0.15, 0.2) is 0 Å². The Balaban J connectivity index is 2.07. The van der Waals surface area contributed by atoms with Gasteiger partial charge in [0.25, 0.3) is 0 Å². The number of nitrogens with zero attached hydrogens (tertiary/aromatic N) is 2. The summed E-state index contributed by atoms with van der Waals surface area (Å²) < 4.78 is 26.4. The smallest absolute Gasteiger partial charge is 0.319 e. The molecule has 1 aliphatic rings. The fraction of sp³-hybridized carbons (Fsp3) is 0.733. The number of nitrogens with one attached hydrogen (secondary N) is 3. The van der Waals surface area contributed by atoms with Gasteiger partial charge < -0.3 is 10.6 Å². The number of hydrogen-bond donors (Lipinski definition) is 3. The molecule has 136 valence electrons. The lowest BCUT2D eigenvalue weighted by atomic mass is 9.95. The molecule has 0 aromatic carbocycles. The van der Waals surface area contributed by atoms with E-state index in [1.54, 1.807) is 10.5 Å². The number of aromatic amines is 1. The molecule has 1 aliphatic heterocycles. The van der Waals surface area contributed by atoms with Crippen LogP contribution in [0.25, 0.3) is 0 Å². The number of hydrogen-bond acceptors (Lipinski definition) is 4. The number of aromatic nitrogens is 2. The standard InChI is InChI=1S/C15H27N5O3S/c1-3-5-9-24(22,23)20-8-6-7-12(11-20)14-13(10-17-19-14)18-15(21)16-4-2/h10,12H,3-9,11H2,1-2H3,(H,17,19)(H2,16,18,21)/t12-/m1/s1. The van der Waals surface area contributed by atoms with Gasteiger partial charge in [0.1, 0.15) is 0 Å². The molecule has 1 fully saturated rings. The molecule has 8 nitrogen and oxygen atoms in total. The summed E-state index contributed by atoms with van der Waals surface area (Å²) >= 11 is 0. The lowest BCUT2D eigenvalue weighted by molar-refractivity contribution is 0.252. The highest BCUT2D eigenvalue weighted by Crippen LogP contribution is 2.31. The maximum absolute atomic E-state index is 12.4. The van der Waals surface area contributed by atoms with Gasteiger partial charge in [-0.25, -0.2) is 17.5 Å². The van der Waals surface area contributed by atoms with Crippen molar-refractivity contribution in [3.05, 3.63) is 11.9 Å². The summed E-state index contributed by atoms with van der Waals surface area (Å²) in [7, 11) is -3.21. The van der Waals surface area contributed by atoms with E-state index in [1.807, 2.05) is 13.8 Å². The number of anilines is 1. The third kappa shape index (κ3) is 4.70. The van der Waals surface area contributed by atoms with Gasteiger partial charge in [0.2, 0.25) is 10.0 Å². The maximum Gasteiger partial charge on any atom is 0.319 e. The van der Waals surface area contributed by atoms with Crippen molar-refractivity contribution in [1.82, 2.24) is 19.8 Å². The number of unbranched alkanes of at least 4 members (excludes halogenated alkanes) is 1. The molecule has 0 unspecified atom stereocenters. The van der Waals surface area contributed by atoms with Crippen LogP contribution < -0.4 is 10.6 Å². The molecule has 0 spiro atoms. The van der Waals surface area contributed by atoms with Gasteiger partial charge in [-0.2, -0.15) is 5.10 Å². The van der Waals surface area contributed by atoms with Gasteiger partial charge in [0.05, 0.1) is 23.3 Å². The molecule has 1 aromatic rings. The van der Waals surface area contributed by atoms with Gasteiger partial charge in [-0.1, -0.05) is 13.3 Å². The van der Waals surface area contributed by atoms with Crippen molar-refractivity contribution in [2.24, 2.45) is 0 Å². The van der Waals surface area contributed by atoms with Crippen LogP contribution >= 0.6 is 0 Å². The number of carbonyl (C=O) groups is 1. The average Bonchev–Trinajstić information content (AvgIpc) is 3.01. The summed E-state index contributed by atoms with van der Waals surface area (Å²) in [5.41, 5.74) is 1.40. The maximum atomic E-state index is 12.4. The SMILES string of the molecule is CCCCS(=O)(=O)N1CCC[C@@H](c2[nH]ncc2NC(=O)NCC)C1. The second-order valence-electron chi connectivity index (χ2n) is 6.05.